The molecule has 1 aliphatic heterocycles. The molecule has 0 aromatic carbocycles. The molecule has 1 saturated heterocycles. The van der Waals surface area contributed by atoms with Crippen LogP contribution in [0.15, 0.2) is 12.3 Å². The van der Waals surface area contributed by atoms with Gasteiger partial charge in [-0.3, -0.25) is 9.78 Å². The second-order valence-electron chi connectivity index (χ2n) is 5.35. The molecule has 0 radical (unpaired) electrons. The van der Waals surface area contributed by atoms with E-state index in [-0.39, 0.29) is 5.91 Å². The molecule has 0 saturated carbocycles. The van der Waals surface area contributed by atoms with E-state index in [9.17, 15) is 4.79 Å². The van der Waals surface area contributed by atoms with Crippen molar-refractivity contribution in [3.05, 3.63) is 23.5 Å². The van der Waals surface area contributed by atoms with Gasteiger partial charge < -0.3 is 15.1 Å². The van der Waals surface area contributed by atoms with Gasteiger partial charge in [0.1, 0.15) is 0 Å². The third-order valence-corrected chi connectivity index (χ3v) is 3.65. The summed E-state index contributed by atoms with van der Waals surface area (Å²) >= 11 is 0. The summed E-state index contributed by atoms with van der Waals surface area (Å²) in [5.74, 6) is 0.0868. The van der Waals surface area contributed by atoms with Gasteiger partial charge in [-0.1, -0.05) is 0 Å². The third-order valence-electron chi connectivity index (χ3n) is 3.65. The summed E-state index contributed by atoms with van der Waals surface area (Å²) in [6.07, 6.45) is 2.72. The fraction of sp³-hybridized carbons (Fsp3) is 0.600. The summed E-state index contributed by atoms with van der Waals surface area (Å²) in [6, 6.07) is 1.95. The Labute approximate surface area is 121 Å². The number of carbonyl (C=O) groups excluding carboxylic acids is 1. The number of aryl methyl sites for hydroxylation is 1. The summed E-state index contributed by atoms with van der Waals surface area (Å²) in [5.41, 5.74) is 2.50. The van der Waals surface area contributed by atoms with Gasteiger partial charge in [0.15, 0.2) is 0 Å². The van der Waals surface area contributed by atoms with Crippen LogP contribution in [-0.4, -0.2) is 60.5 Å². The predicted molar refractivity (Wildman–Crippen MR) is 81.2 cm³/mol. The van der Waals surface area contributed by atoms with Crippen molar-refractivity contribution in [1.82, 2.24) is 14.8 Å². The average molecular weight is 276 g/mol. The zero-order valence-corrected chi connectivity index (χ0v) is 12.6. The molecule has 0 unspecified atom stereocenters. The largest absolute Gasteiger partial charge is 0.385 e. The highest BCUT2D eigenvalue weighted by Gasteiger charge is 2.21. The maximum atomic E-state index is 12.7. The van der Waals surface area contributed by atoms with Crippen LogP contribution in [0.4, 0.5) is 5.69 Å². The smallest absolute Gasteiger partial charge is 0.257 e. The minimum Gasteiger partial charge on any atom is -0.385 e. The van der Waals surface area contributed by atoms with Gasteiger partial charge >= 0.3 is 0 Å². The first-order valence-electron chi connectivity index (χ1n) is 7.30. The van der Waals surface area contributed by atoms with E-state index in [1.807, 2.05) is 24.8 Å². The van der Waals surface area contributed by atoms with Crippen LogP contribution in [0, 0.1) is 6.92 Å². The summed E-state index contributed by atoms with van der Waals surface area (Å²) in [5, 5.41) is 3.26. The fourth-order valence-corrected chi connectivity index (χ4v) is 2.49. The molecule has 20 heavy (non-hydrogen) atoms. The second-order valence-corrected chi connectivity index (χ2v) is 5.35. The zero-order valence-electron chi connectivity index (χ0n) is 12.6. The molecule has 2 rings (SSSR count). The van der Waals surface area contributed by atoms with Crippen LogP contribution in [0.3, 0.4) is 0 Å². The maximum Gasteiger partial charge on any atom is 0.257 e. The number of carbonyl (C=O) groups is 1. The van der Waals surface area contributed by atoms with Crippen LogP contribution in [0.1, 0.15) is 29.4 Å². The van der Waals surface area contributed by atoms with Gasteiger partial charge in [-0.05, 0) is 39.9 Å². The molecule has 1 N–H and O–H groups in total. The molecule has 0 bridgehead atoms. The number of nitrogens with zero attached hydrogens (tertiary/aromatic N) is 3. The highest BCUT2D eigenvalue weighted by atomic mass is 16.2. The van der Waals surface area contributed by atoms with E-state index in [2.05, 4.69) is 22.2 Å². The molecule has 1 aromatic heterocycles. The lowest BCUT2D eigenvalue weighted by Gasteiger charge is -2.22. The highest BCUT2D eigenvalue weighted by Crippen LogP contribution is 2.18. The number of pyridine rings is 1. The topological polar surface area (TPSA) is 48.5 Å². The zero-order chi connectivity index (χ0) is 14.5. The van der Waals surface area contributed by atoms with Gasteiger partial charge in [-0.25, -0.2) is 0 Å². The van der Waals surface area contributed by atoms with E-state index < -0.39 is 0 Å². The predicted octanol–water partition coefficient (Wildman–Crippen LogP) is 1.60. The SMILES string of the molecule is CCNc1cc(C)ncc1C(=O)N1CCCN(C)CC1. The van der Waals surface area contributed by atoms with Crippen LogP contribution in [-0.2, 0) is 0 Å². The molecule has 1 fully saturated rings. The Morgan fingerprint density at radius 2 is 2.15 bits per heavy atom. The normalized spacial score (nSPS) is 16.9. The van der Waals surface area contributed by atoms with Crippen LogP contribution < -0.4 is 5.32 Å². The lowest BCUT2D eigenvalue weighted by molar-refractivity contribution is 0.0763. The van der Waals surface area contributed by atoms with Crippen molar-refractivity contribution in [2.75, 3.05) is 45.1 Å². The van der Waals surface area contributed by atoms with Crippen molar-refractivity contribution in [2.45, 2.75) is 20.3 Å². The van der Waals surface area contributed by atoms with Gasteiger partial charge in [0.05, 0.1) is 11.3 Å². The first kappa shape index (κ1) is 14.8. The van der Waals surface area contributed by atoms with Crippen molar-refractivity contribution >= 4 is 11.6 Å². The second kappa shape index (κ2) is 6.70. The van der Waals surface area contributed by atoms with Crippen molar-refractivity contribution in [3.63, 3.8) is 0 Å². The van der Waals surface area contributed by atoms with E-state index in [4.69, 9.17) is 0 Å². The first-order chi connectivity index (χ1) is 9.61. The molecular formula is C15H24N4O. The Kier molecular flexibility index (Phi) is 4.95. The lowest BCUT2D eigenvalue weighted by atomic mass is 10.1. The Balaban J connectivity index is 2.19. The number of aromatic nitrogens is 1. The number of hydrogen-bond acceptors (Lipinski definition) is 4. The van der Waals surface area contributed by atoms with Gasteiger partial charge in [-0.15, -0.1) is 0 Å². The van der Waals surface area contributed by atoms with Crippen molar-refractivity contribution in [2.24, 2.45) is 0 Å². The minimum absolute atomic E-state index is 0.0868. The van der Waals surface area contributed by atoms with Crippen LogP contribution >= 0.6 is 0 Å². The van der Waals surface area contributed by atoms with Gasteiger partial charge in [-0.2, -0.15) is 0 Å². The minimum atomic E-state index is 0.0868. The monoisotopic (exact) mass is 276 g/mol. The molecule has 0 atom stereocenters. The first-order valence-corrected chi connectivity index (χ1v) is 7.30. The quantitative estimate of drug-likeness (QED) is 0.911. The van der Waals surface area contributed by atoms with E-state index in [0.29, 0.717) is 5.56 Å². The summed E-state index contributed by atoms with van der Waals surface area (Å²) in [4.78, 5) is 21.2. The van der Waals surface area contributed by atoms with Crippen molar-refractivity contribution in [3.8, 4) is 0 Å². The summed E-state index contributed by atoms with van der Waals surface area (Å²) in [7, 11) is 2.10. The summed E-state index contributed by atoms with van der Waals surface area (Å²) in [6.45, 7) is 8.36. The van der Waals surface area contributed by atoms with Crippen molar-refractivity contribution in [1.29, 1.82) is 0 Å². The number of hydrogen-bond donors (Lipinski definition) is 1. The number of anilines is 1. The molecule has 110 valence electrons. The van der Waals surface area contributed by atoms with Crippen LogP contribution in [0.2, 0.25) is 0 Å². The molecule has 1 amide bonds. The van der Waals surface area contributed by atoms with Gasteiger partial charge in [0.2, 0.25) is 0 Å². The number of amides is 1. The summed E-state index contributed by atoms with van der Waals surface area (Å²) < 4.78 is 0. The molecule has 2 heterocycles. The fourth-order valence-electron chi connectivity index (χ4n) is 2.49. The van der Waals surface area contributed by atoms with Crippen LogP contribution in [0.5, 0.6) is 0 Å². The maximum absolute atomic E-state index is 12.7. The van der Waals surface area contributed by atoms with E-state index in [1.165, 1.54) is 0 Å². The molecule has 5 heteroatoms. The van der Waals surface area contributed by atoms with E-state index in [0.717, 1.165) is 50.5 Å². The van der Waals surface area contributed by atoms with E-state index >= 15 is 0 Å². The Hall–Kier alpha value is -1.62. The Morgan fingerprint density at radius 1 is 1.35 bits per heavy atom. The molecule has 1 aromatic rings. The standard InChI is InChI=1S/C15H24N4O/c1-4-16-14-10-12(2)17-11-13(14)15(20)19-7-5-6-18(3)8-9-19/h10-11H,4-9H2,1-3H3,(H,16,17). The highest BCUT2D eigenvalue weighted by molar-refractivity contribution is 5.99. The molecule has 0 aliphatic carbocycles. The van der Waals surface area contributed by atoms with Gasteiger partial charge in [0, 0.05) is 38.1 Å². The molecular weight excluding hydrogens is 252 g/mol. The van der Waals surface area contributed by atoms with Crippen molar-refractivity contribution < 1.29 is 4.79 Å². The van der Waals surface area contributed by atoms with Gasteiger partial charge in [0.25, 0.3) is 5.91 Å². The van der Waals surface area contributed by atoms with Crippen LogP contribution in [0.25, 0.3) is 0 Å². The number of nitrogens with one attached hydrogen (secondary N) is 1. The number of likely N-dealkylation sites (N-methyl/N-ethyl adjacent to an activating group) is 1. The third kappa shape index (κ3) is 3.48. The Morgan fingerprint density at radius 3 is 2.90 bits per heavy atom. The average Bonchev–Trinajstić information content (AvgIpc) is 2.63. The number of rotatable bonds is 3. The Bertz CT molecular complexity index is 475. The van der Waals surface area contributed by atoms with E-state index in [1.54, 1.807) is 6.20 Å². The molecule has 1 aliphatic rings. The molecule has 5 nitrogen and oxygen atoms in total. The lowest BCUT2D eigenvalue weighted by Crippen LogP contribution is -2.35. The molecule has 0 spiro atoms.